The van der Waals surface area contributed by atoms with E-state index in [9.17, 15) is 13.6 Å². The lowest BCUT2D eigenvalue weighted by atomic mass is 10.2. The summed E-state index contributed by atoms with van der Waals surface area (Å²) in [5.41, 5.74) is 3.90. The van der Waals surface area contributed by atoms with E-state index in [0.29, 0.717) is 18.0 Å². The summed E-state index contributed by atoms with van der Waals surface area (Å²) in [6, 6.07) is 12.7. The first-order valence-electron chi connectivity index (χ1n) is 8.27. The van der Waals surface area contributed by atoms with Crippen LogP contribution in [0.2, 0.25) is 0 Å². The van der Waals surface area contributed by atoms with Crippen LogP contribution in [0.15, 0.2) is 59.4 Å². The van der Waals surface area contributed by atoms with Crippen molar-refractivity contribution in [1.82, 2.24) is 10.3 Å². The number of carbonyl (C=O) groups excluding carboxylic acids is 1. The molecule has 6 nitrogen and oxygen atoms in total. The van der Waals surface area contributed by atoms with Crippen molar-refractivity contribution in [2.24, 2.45) is 0 Å². The fraction of sp³-hybridized carbons (Fsp3) is 0.158. The standard InChI is InChI=1S/C19H17F2N3O3S/c20-18(21)27-16-6-4-13(5-7-16)9-22-19(25)24-14-2-1-3-17(8-14)26-10-15-11-28-12-23-15/h1-8,11-12,18H,9-10H2,(H2,22,24,25). The van der Waals surface area contributed by atoms with Crippen molar-refractivity contribution in [1.29, 1.82) is 0 Å². The van der Waals surface area contributed by atoms with E-state index < -0.39 is 12.6 Å². The molecule has 1 heterocycles. The molecule has 0 fully saturated rings. The van der Waals surface area contributed by atoms with Crippen molar-refractivity contribution in [3.63, 3.8) is 0 Å². The summed E-state index contributed by atoms with van der Waals surface area (Å²) < 4.78 is 34.2. The quantitative estimate of drug-likeness (QED) is 0.572. The number of aromatic nitrogens is 1. The van der Waals surface area contributed by atoms with Gasteiger partial charge in [-0.1, -0.05) is 18.2 Å². The number of hydrogen-bond acceptors (Lipinski definition) is 5. The number of benzene rings is 2. The fourth-order valence-electron chi connectivity index (χ4n) is 2.28. The van der Waals surface area contributed by atoms with Gasteiger partial charge in [-0.2, -0.15) is 8.78 Å². The van der Waals surface area contributed by atoms with Crippen molar-refractivity contribution in [2.45, 2.75) is 19.8 Å². The molecule has 0 unspecified atom stereocenters. The molecule has 28 heavy (non-hydrogen) atoms. The van der Waals surface area contributed by atoms with Crippen LogP contribution in [0.1, 0.15) is 11.3 Å². The predicted octanol–water partition coefficient (Wildman–Crippen LogP) is 4.65. The van der Waals surface area contributed by atoms with Crippen LogP contribution in [0, 0.1) is 0 Å². The van der Waals surface area contributed by atoms with Crippen LogP contribution in [0.5, 0.6) is 11.5 Å². The number of hydrogen-bond donors (Lipinski definition) is 2. The van der Waals surface area contributed by atoms with Crippen LogP contribution < -0.4 is 20.1 Å². The summed E-state index contributed by atoms with van der Waals surface area (Å²) in [5.74, 6) is 0.679. The molecule has 2 amide bonds. The third-order valence-electron chi connectivity index (χ3n) is 3.56. The maximum atomic E-state index is 12.1. The molecule has 0 radical (unpaired) electrons. The van der Waals surface area contributed by atoms with Crippen molar-refractivity contribution < 1.29 is 23.0 Å². The number of anilines is 1. The van der Waals surface area contributed by atoms with Crippen LogP contribution >= 0.6 is 11.3 Å². The summed E-state index contributed by atoms with van der Waals surface area (Å²) in [5, 5.41) is 7.31. The SMILES string of the molecule is O=C(NCc1ccc(OC(F)F)cc1)Nc1cccc(OCc2cscn2)c1. The lowest BCUT2D eigenvalue weighted by Crippen LogP contribution is -2.28. The van der Waals surface area contributed by atoms with Gasteiger partial charge in [-0.15, -0.1) is 11.3 Å². The molecule has 0 aliphatic rings. The van der Waals surface area contributed by atoms with Crippen LogP contribution in [0.3, 0.4) is 0 Å². The van der Waals surface area contributed by atoms with Gasteiger partial charge < -0.3 is 20.1 Å². The highest BCUT2D eigenvalue weighted by atomic mass is 32.1. The lowest BCUT2D eigenvalue weighted by Gasteiger charge is -2.10. The van der Waals surface area contributed by atoms with Gasteiger partial charge in [-0.25, -0.2) is 9.78 Å². The molecule has 0 saturated carbocycles. The highest BCUT2D eigenvalue weighted by molar-refractivity contribution is 7.07. The minimum Gasteiger partial charge on any atom is -0.487 e. The first-order chi connectivity index (χ1) is 13.6. The molecule has 9 heteroatoms. The van der Waals surface area contributed by atoms with Crippen LogP contribution in [0.25, 0.3) is 0 Å². The molecular formula is C19H17F2N3O3S. The van der Waals surface area contributed by atoms with E-state index >= 15 is 0 Å². The van der Waals surface area contributed by atoms with Crippen molar-refractivity contribution in [3.05, 3.63) is 70.7 Å². The minimum absolute atomic E-state index is 0.0673. The Morgan fingerprint density at radius 3 is 2.68 bits per heavy atom. The molecule has 0 spiro atoms. The number of amides is 2. The number of alkyl halides is 2. The highest BCUT2D eigenvalue weighted by Gasteiger charge is 2.06. The van der Waals surface area contributed by atoms with Crippen molar-refractivity contribution in [2.75, 3.05) is 5.32 Å². The molecule has 1 aromatic heterocycles. The van der Waals surface area contributed by atoms with Gasteiger partial charge in [0.15, 0.2) is 0 Å². The van der Waals surface area contributed by atoms with Gasteiger partial charge in [0.2, 0.25) is 0 Å². The lowest BCUT2D eigenvalue weighted by molar-refractivity contribution is -0.0498. The Morgan fingerprint density at radius 1 is 1.14 bits per heavy atom. The van der Waals surface area contributed by atoms with Crippen LogP contribution in [-0.4, -0.2) is 17.6 Å². The maximum Gasteiger partial charge on any atom is 0.387 e. The summed E-state index contributed by atoms with van der Waals surface area (Å²) in [6.45, 7) is -2.28. The van der Waals surface area contributed by atoms with Gasteiger partial charge in [-0.05, 0) is 29.8 Å². The van der Waals surface area contributed by atoms with Gasteiger partial charge in [0.25, 0.3) is 0 Å². The topological polar surface area (TPSA) is 72.5 Å². The molecule has 0 bridgehead atoms. The molecule has 0 saturated heterocycles. The van der Waals surface area contributed by atoms with Crippen LogP contribution in [0.4, 0.5) is 19.3 Å². The average molecular weight is 405 g/mol. The molecule has 0 aliphatic carbocycles. The van der Waals surface area contributed by atoms with E-state index in [1.165, 1.54) is 23.5 Å². The number of nitrogens with zero attached hydrogens (tertiary/aromatic N) is 1. The Hall–Kier alpha value is -3.20. The zero-order chi connectivity index (χ0) is 19.8. The smallest absolute Gasteiger partial charge is 0.387 e. The Bertz CT molecular complexity index is 890. The van der Waals surface area contributed by atoms with Gasteiger partial charge in [0, 0.05) is 23.7 Å². The fourth-order valence-corrected chi connectivity index (χ4v) is 2.82. The molecule has 2 N–H and O–H groups in total. The number of nitrogens with one attached hydrogen (secondary N) is 2. The molecule has 3 rings (SSSR count). The van der Waals surface area contributed by atoms with Crippen LogP contribution in [-0.2, 0) is 13.2 Å². The van der Waals surface area contributed by atoms with Crippen molar-refractivity contribution >= 4 is 23.1 Å². The monoisotopic (exact) mass is 405 g/mol. The largest absolute Gasteiger partial charge is 0.487 e. The third-order valence-corrected chi connectivity index (χ3v) is 4.20. The average Bonchev–Trinajstić information content (AvgIpc) is 3.19. The Labute approximate surface area is 164 Å². The summed E-state index contributed by atoms with van der Waals surface area (Å²) >= 11 is 1.50. The predicted molar refractivity (Wildman–Crippen MR) is 102 cm³/mol. The van der Waals surface area contributed by atoms with E-state index in [4.69, 9.17) is 4.74 Å². The van der Waals surface area contributed by atoms with Gasteiger partial charge in [-0.3, -0.25) is 0 Å². The van der Waals surface area contributed by atoms with Gasteiger partial charge in [0.1, 0.15) is 18.1 Å². The normalized spacial score (nSPS) is 10.5. The van der Waals surface area contributed by atoms with E-state index in [0.717, 1.165) is 11.3 Å². The second-order valence-electron chi connectivity index (χ2n) is 5.63. The van der Waals surface area contributed by atoms with E-state index in [1.807, 2.05) is 5.38 Å². The number of halogens is 2. The minimum atomic E-state index is -2.86. The molecule has 2 aromatic carbocycles. The zero-order valence-corrected chi connectivity index (χ0v) is 15.4. The van der Waals surface area contributed by atoms with Gasteiger partial charge >= 0.3 is 12.6 Å². The third kappa shape index (κ3) is 6.20. The van der Waals surface area contributed by atoms with E-state index in [-0.39, 0.29) is 12.3 Å². The van der Waals surface area contributed by atoms with E-state index in [2.05, 4.69) is 20.4 Å². The Kier molecular flexibility index (Phi) is 6.74. The number of urea groups is 1. The molecular weight excluding hydrogens is 388 g/mol. The first-order valence-corrected chi connectivity index (χ1v) is 9.21. The zero-order valence-electron chi connectivity index (χ0n) is 14.6. The number of ether oxygens (including phenoxy) is 2. The highest BCUT2D eigenvalue weighted by Crippen LogP contribution is 2.19. The summed E-state index contributed by atoms with van der Waals surface area (Å²) in [4.78, 5) is 16.2. The number of thiazole rings is 1. The summed E-state index contributed by atoms with van der Waals surface area (Å²) in [6.07, 6.45) is 0. The second-order valence-corrected chi connectivity index (χ2v) is 6.35. The first kappa shape index (κ1) is 19.6. The number of carbonyl (C=O) groups is 1. The second kappa shape index (κ2) is 9.65. The Morgan fingerprint density at radius 2 is 1.96 bits per heavy atom. The molecule has 3 aromatic rings. The Balaban J connectivity index is 1.47. The molecule has 0 atom stereocenters. The molecule has 0 aliphatic heterocycles. The van der Waals surface area contributed by atoms with Crippen molar-refractivity contribution in [3.8, 4) is 11.5 Å². The van der Waals surface area contributed by atoms with E-state index in [1.54, 1.807) is 41.9 Å². The molecule has 146 valence electrons. The number of rotatable bonds is 8. The summed E-state index contributed by atoms with van der Waals surface area (Å²) in [7, 11) is 0. The maximum absolute atomic E-state index is 12.1. The van der Waals surface area contributed by atoms with Gasteiger partial charge in [0.05, 0.1) is 11.2 Å².